The molecule has 17 heavy (non-hydrogen) atoms. The van der Waals surface area contributed by atoms with Crippen LogP contribution in [0.2, 0.25) is 0 Å². The molecule has 2 fully saturated rings. The quantitative estimate of drug-likeness (QED) is 0.794. The smallest absolute Gasteiger partial charge is 0.224 e. The summed E-state index contributed by atoms with van der Waals surface area (Å²) in [7, 11) is 0. The third-order valence-electron chi connectivity index (χ3n) is 3.61. The van der Waals surface area contributed by atoms with Crippen LogP contribution in [-0.4, -0.2) is 36.5 Å². The van der Waals surface area contributed by atoms with Gasteiger partial charge in [0, 0.05) is 25.6 Å². The van der Waals surface area contributed by atoms with Gasteiger partial charge < -0.3 is 10.2 Å². The Morgan fingerprint density at radius 2 is 2.12 bits per heavy atom. The predicted octanol–water partition coefficient (Wildman–Crippen LogP) is 2.20. The van der Waals surface area contributed by atoms with Gasteiger partial charge >= 0.3 is 0 Å². The predicted molar refractivity (Wildman–Crippen MR) is 72.5 cm³/mol. The fraction of sp³-hybridized carbons (Fsp3) is 0.923. The molecule has 0 radical (unpaired) electrons. The molecule has 3 nitrogen and oxygen atoms in total. The number of halogens is 1. The zero-order chi connectivity index (χ0) is 11.4. The van der Waals surface area contributed by atoms with E-state index in [1.54, 1.807) is 0 Å². The summed E-state index contributed by atoms with van der Waals surface area (Å²) in [6, 6.07) is 0.450. The van der Waals surface area contributed by atoms with Gasteiger partial charge in [-0.3, -0.25) is 4.79 Å². The van der Waals surface area contributed by atoms with Crippen LogP contribution in [-0.2, 0) is 4.79 Å². The first kappa shape index (κ1) is 14.8. The summed E-state index contributed by atoms with van der Waals surface area (Å²) in [4.78, 5) is 14.2. The maximum absolute atomic E-state index is 12.1. The van der Waals surface area contributed by atoms with Gasteiger partial charge in [0.05, 0.1) is 0 Å². The number of amides is 1. The summed E-state index contributed by atoms with van der Waals surface area (Å²) >= 11 is 0. The number of nitrogens with one attached hydrogen (secondary N) is 1. The normalized spacial score (nSPS) is 23.2. The van der Waals surface area contributed by atoms with Crippen LogP contribution in [0.25, 0.3) is 0 Å². The van der Waals surface area contributed by atoms with Crippen LogP contribution >= 0.6 is 12.4 Å². The van der Waals surface area contributed by atoms with Crippen molar-refractivity contribution in [3.05, 3.63) is 0 Å². The van der Waals surface area contributed by atoms with Gasteiger partial charge in [-0.25, -0.2) is 0 Å². The van der Waals surface area contributed by atoms with Crippen molar-refractivity contribution in [1.82, 2.24) is 10.2 Å². The monoisotopic (exact) mass is 260 g/mol. The summed E-state index contributed by atoms with van der Waals surface area (Å²) in [5.41, 5.74) is 0. The zero-order valence-electron chi connectivity index (χ0n) is 10.8. The Kier molecular flexibility index (Phi) is 6.28. The van der Waals surface area contributed by atoms with E-state index in [0.717, 1.165) is 32.0 Å². The molecule has 1 aliphatic carbocycles. The molecule has 1 atom stereocenters. The van der Waals surface area contributed by atoms with E-state index in [9.17, 15) is 4.79 Å². The van der Waals surface area contributed by atoms with E-state index in [0.29, 0.717) is 18.4 Å². The fourth-order valence-corrected chi connectivity index (χ4v) is 2.47. The highest BCUT2D eigenvalue weighted by Gasteiger charge is 2.27. The Labute approximate surface area is 111 Å². The topological polar surface area (TPSA) is 32.3 Å². The zero-order valence-corrected chi connectivity index (χ0v) is 11.6. The van der Waals surface area contributed by atoms with Crippen molar-refractivity contribution < 1.29 is 4.79 Å². The van der Waals surface area contributed by atoms with E-state index in [-0.39, 0.29) is 12.4 Å². The average molecular weight is 261 g/mol. The molecule has 1 heterocycles. The molecular formula is C13H25ClN2O. The van der Waals surface area contributed by atoms with Crippen molar-refractivity contribution in [1.29, 1.82) is 0 Å². The summed E-state index contributed by atoms with van der Waals surface area (Å²) < 4.78 is 0. The summed E-state index contributed by atoms with van der Waals surface area (Å²) in [6.07, 6.45) is 6.86. The first-order valence-electron chi connectivity index (χ1n) is 6.80. The third-order valence-corrected chi connectivity index (χ3v) is 3.61. The molecule has 2 rings (SSSR count). The maximum atomic E-state index is 12.1. The van der Waals surface area contributed by atoms with Gasteiger partial charge in [-0.2, -0.15) is 0 Å². The molecule has 1 saturated carbocycles. The molecule has 4 heteroatoms. The minimum Gasteiger partial charge on any atom is -0.342 e. The van der Waals surface area contributed by atoms with Gasteiger partial charge in [0.15, 0.2) is 0 Å². The molecule has 1 aliphatic heterocycles. The molecule has 1 amide bonds. The second-order valence-corrected chi connectivity index (χ2v) is 5.28. The molecule has 0 aromatic rings. The molecule has 0 aromatic heterocycles. The van der Waals surface area contributed by atoms with Gasteiger partial charge in [-0.15, -0.1) is 12.4 Å². The Morgan fingerprint density at radius 3 is 2.65 bits per heavy atom. The average Bonchev–Trinajstić information content (AvgIpc) is 2.94. The Morgan fingerprint density at radius 1 is 1.35 bits per heavy atom. The number of hydrogen-bond acceptors (Lipinski definition) is 2. The number of rotatable bonds is 6. The van der Waals surface area contributed by atoms with Gasteiger partial charge in [0.2, 0.25) is 5.91 Å². The molecule has 1 N–H and O–H groups in total. The van der Waals surface area contributed by atoms with E-state index in [2.05, 4.69) is 17.1 Å². The van der Waals surface area contributed by atoms with Crippen LogP contribution in [0, 0.1) is 5.92 Å². The van der Waals surface area contributed by atoms with E-state index in [4.69, 9.17) is 0 Å². The van der Waals surface area contributed by atoms with Crippen molar-refractivity contribution >= 4 is 18.3 Å². The minimum atomic E-state index is 0. The van der Waals surface area contributed by atoms with Crippen LogP contribution in [0.5, 0.6) is 0 Å². The van der Waals surface area contributed by atoms with Gasteiger partial charge in [0.25, 0.3) is 0 Å². The maximum Gasteiger partial charge on any atom is 0.224 e. The van der Waals surface area contributed by atoms with Crippen molar-refractivity contribution in [2.75, 3.05) is 19.6 Å². The van der Waals surface area contributed by atoms with E-state index in [1.807, 2.05) is 0 Å². The molecular weight excluding hydrogens is 236 g/mol. The second kappa shape index (κ2) is 7.22. The highest BCUT2D eigenvalue weighted by molar-refractivity contribution is 5.85. The van der Waals surface area contributed by atoms with E-state index >= 15 is 0 Å². The lowest BCUT2D eigenvalue weighted by atomic mass is 10.1. The number of carbonyl (C=O) groups excluding carboxylic acids is 1. The molecule has 0 spiro atoms. The van der Waals surface area contributed by atoms with Crippen LogP contribution in [0.15, 0.2) is 0 Å². The largest absolute Gasteiger partial charge is 0.342 e. The highest BCUT2D eigenvalue weighted by Crippen LogP contribution is 2.30. The number of nitrogens with zero attached hydrogens (tertiary/aromatic N) is 1. The van der Waals surface area contributed by atoms with Crippen molar-refractivity contribution in [2.24, 2.45) is 5.92 Å². The van der Waals surface area contributed by atoms with Crippen molar-refractivity contribution in [3.63, 3.8) is 0 Å². The summed E-state index contributed by atoms with van der Waals surface area (Å²) in [6.45, 7) is 5.21. The van der Waals surface area contributed by atoms with Crippen LogP contribution in [0.4, 0.5) is 0 Å². The number of hydrogen-bond donors (Lipinski definition) is 1. The molecule has 1 unspecified atom stereocenters. The lowest BCUT2D eigenvalue weighted by Crippen LogP contribution is -2.37. The molecule has 0 aromatic carbocycles. The van der Waals surface area contributed by atoms with Crippen LogP contribution in [0.1, 0.15) is 45.4 Å². The summed E-state index contributed by atoms with van der Waals surface area (Å²) in [5.74, 6) is 1.18. The molecule has 1 saturated heterocycles. The first-order valence-corrected chi connectivity index (χ1v) is 6.80. The molecule has 100 valence electrons. The van der Waals surface area contributed by atoms with Gasteiger partial charge in [-0.05, 0) is 44.6 Å². The van der Waals surface area contributed by atoms with Crippen LogP contribution in [0.3, 0.4) is 0 Å². The Balaban J connectivity index is 0.00000144. The van der Waals surface area contributed by atoms with Crippen molar-refractivity contribution in [3.8, 4) is 0 Å². The minimum absolute atomic E-state index is 0. The van der Waals surface area contributed by atoms with E-state index < -0.39 is 0 Å². The summed E-state index contributed by atoms with van der Waals surface area (Å²) in [5, 5.41) is 3.41. The van der Waals surface area contributed by atoms with Gasteiger partial charge in [-0.1, -0.05) is 6.92 Å². The third kappa shape index (κ3) is 4.84. The van der Waals surface area contributed by atoms with Crippen molar-refractivity contribution in [2.45, 2.75) is 51.5 Å². The van der Waals surface area contributed by atoms with Crippen LogP contribution < -0.4 is 5.32 Å². The first-order chi connectivity index (χ1) is 7.79. The molecule has 0 bridgehead atoms. The Hall–Kier alpha value is -0.280. The standard InChI is InChI=1S/C13H24N2O.ClH/c1-2-8-15(10-11-5-6-11)13(16)9-12-4-3-7-14-12;/h11-12,14H,2-10H2,1H3;1H. The second-order valence-electron chi connectivity index (χ2n) is 5.28. The van der Waals surface area contributed by atoms with E-state index in [1.165, 1.54) is 25.7 Å². The lowest BCUT2D eigenvalue weighted by Gasteiger charge is -2.23. The molecule has 2 aliphatic rings. The van der Waals surface area contributed by atoms with Gasteiger partial charge in [0.1, 0.15) is 0 Å². The highest BCUT2D eigenvalue weighted by atomic mass is 35.5. The fourth-order valence-electron chi connectivity index (χ4n) is 2.47. The number of carbonyl (C=O) groups is 1. The lowest BCUT2D eigenvalue weighted by molar-refractivity contribution is -0.132. The Bertz CT molecular complexity index is 238. The SMILES string of the molecule is CCCN(CC1CC1)C(=O)CC1CCCN1.Cl.